The number of carbonyl (C=O) groups is 1. The van der Waals surface area contributed by atoms with Gasteiger partial charge in [0, 0.05) is 6.20 Å². The van der Waals surface area contributed by atoms with Crippen molar-refractivity contribution in [1.29, 1.82) is 0 Å². The summed E-state index contributed by atoms with van der Waals surface area (Å²) in [5.41, 5.74) is 0. The Morgan fingerprint density at radius 2 is 2.14 bits per heavy atom. The molecule has 0 aromatic carbocycles. The molecule has 2 rings (SSSR count). The van der Waals surface area contributed by atoms with Gasteiger partial charge in [-0.25, -0.2) is 9.67 Å². The van der Waals surface area contributed by atoms with Gasteiger partial charge in [0.2, 0.25) is 11.1 Å². The minimum absolute atomic E-state index is 0.135. The van der Waals surface area contributed by atoms with Gasteiger partial charge < -0.3 is 5.32 Å². The quantitative estimate of drug-likeness (QED) is 0.849. The fourth-order valence-electron chi connectivity index (χ4n) is 1.48. The molecule has 1 amide bonds. The number of anilines is 1. The fraction of sp³-hybridized carbons (Fsp3) is 0.417. The van der Waals surface area contributed by atoms with Crippen molar-refractivity contribution in [2.45, 2.75) is 37.2 Å². The number of tetrazole rings is 1. The Kier molecular flexibility index (Phi) is 5.13. The molecule has 9 heteroatoms. The number of nitrogens with zero attached hydrogens (tertiary/aromatic N) is 5. The van der Waals surface area contributed by atoms with Crippen molar-refractivity contribution in [2.75, 3.05) is 5.32 Å². The standard InChI is InChI=1S/C12H15ClN6OS/c1-7(2)19-12(16-17-18-19)21-8(3)11(20)15-10-5-4-9(13)6-14-10/h4-8H,1-3H3,(H,14,15,20). The highest BCUT2D eigenvalue weighted by atomic mass is 35.5. The average Bonchev–Trinajstić information content (AvgIpc) is 2.89. The molecule has 0 bridgehead atoms. The van der Waals surface area contributed by atoms with Gasteiger partial charge in [0.25, 0.3) is 0 Å². The summed E-state index contributed by atoms with van der Waals surface area (Å²) in [6.45, 7) is 5.74. The molecule has 2 aromatic heterocycles. The lowest BCUT2D eigenvalue weighted by Crippen LogP contribution is -2.23. The minimum atomic E-state index is -0.356. The normalized spacial score (nSPS) is 12.4. The Bertz CT molecular complexity index is 614. The molecule has 0 fully saturated rings. The van der Waals surface area contributed by atoms with Gasteiger partial charge in [-0.05, 0) is 43.3 Å². The fourth-order valence-corrected chi connectivity index (χ4v) is 2.51. The molecule has 7 nitrogen and oxygen atoms in total. The number of hydrogen-bond acceptors (Lipinski definition) is 6. The molecule has 2 aromatic rings. The first-order valence-electron chi connectivity index (χ1n) is 6.34. The van der Waals surface area contributed by atoms with E-state index in [9.17, 15) is 4.79 Å². The van der Waals surface area contributed by atoms with Crippen LogP contribution in [0.5, 0.6) is 0 Å². The van der Waals surface area contributed by atoms with Gasteiger partial charge in [0.1, 0.15) is 5.82 Å². The van der Waals surface area contributed by atoms with Crippen LogP contribution in [0.2, 0.25) is 5.02 Å². The Labute approximate surface area is 131 Å². The van der Waals surface area contributed by atoms with Gasteiger partial charge in [0.15, 0.2) is 0 Å². The van der Waals surface area contributed by atoms with Crippen molar-refractivity contribution in [3.05, 3.63) is 23.4 Å². The summed E-state index contributed by atoms with van der Waals surface area (Å²) in [5, 5.41) is 15.0. The van der Waals surface area contributed by atoms with Gasteiger partial charge >= 0.3 is 0 Å². The van der Waals surface area contributed by atoms with Crippen molar-refractivity contribution in [3.8, 4) is 0 Å². The predicted octanol–water partition coefficient (Wildman–Crippen LogP) is 2.42. The van der Waals surface area contributed by atoms with E-state index in [1.807, 2.05) is 13.8 Å². The molecule has 112 valence electrons. The Balaban J connectivity index is 1.99. The summed E-state index contributed by atoms with van der Waals surface area (Å²) in [4.78, 5) is 16.1. The molecule has 0 saturated carbocycles. The number of rotatable bonds is 5. The van der Waals surface area contributed by atoms with E-state index in [1.165, 1.54) is 18.0 Å². The van der Waals surface area contributed by atoms with Crippen molar-refractivity contribution < 1.29 is 4.79 Å². The lowest BCUT2D eigenvalue weighted by molar-refractivity contribution is -0.115. The van der Waals surface area contributed by atoms with Crippen molar-refractivity contribution in [3.63, 3.8) is 0 Å². The van der Waals surface area contributed by atoms with E-state index in [1.54, 1.807) is 23.7 Å². The predicted molar refractivity (Wildman–Crippen MR) is 81.4 cm³/mol. The topological polar surface area (TPSA) is 85.6 Å². The largest absolute Gasteiger partial charge is 0.310 e. The second kappa shape index (κ2) is 6.86. The van der Waals surface area contributed by atoms with Gasteiger partial charge in [-0.1, -0.05) is 23.4 Å². The van der Waals surface area contributed by atoms with E-state index in [4.69, 9.17) is 11.6 Å². The van der Waals surface area contributed by atoms with Crippen LogP contribution >= 0.6 is 23.4 Å². The molecule has 0 aliphatic heterocycles. The second-order valence-electron chi connectivity index (χ2n) is 4.61. The van der Waals surface area contributed by atoms with Crippen LogP contribution in [0.25, 0.3) is 0 Å². The zero-order valence-corrected chi connectivity index (χ0v) is 13.4. The minimum Gasteiger partial charge on any atom is -0.310 e. The van der Waals surface area contributed by atoms with Crippen LogP contribution in [0.4, 0.5) is 5.82 Å². The lowest BCUT2D eigenvalue weighted by Gasteiger charge is -2.12. The number of thioether (sulfide) groups is 1. The van der Waals surface area contributed by atoms with E-state index in [0.29, 0.717) is 16.0 Å². The lowest BCUT2D eigenvalue weighted by atomic mass is 10.4. The summed E-state index contributed by atoms with van der Waals surface area (Å²) in [6, 6.07) is 3.45. The number of amides is 1. The van der Waals surface area contributed by atoms with E-state index in [2.05, 4.69) is 25.8 Å². The molecule has 0 radical (unpaired) electrons. The second-order valence-corrected chi connectivity index (χ2v) is 6.36. The number of carbonyl (C=O) groups excluding carboxylic acids is 1. The van der Waals surface area contributed by atoms with E-state index in [0.717, 1.165) is 0 Å². The van der Waals surface area contributed by atoms with E-state index >= 15 is 0 Å². The summed E-state index contributed by atoms with van der Waals surface area (Å²) >= 11 is 7.05. The molecule has 0 spiro atoms. The smallest absolute Gasteiger partial charge is 0.238 e. The highest BCUT2D eigenvalue weighted by Gasteiger charge is 2.19. The number of hydrogen-bond donors (Lipinski definition) is 1. The Morgan fingerprint density at radius 1 is 1.38 bits per heavy atom. The van der Waals surface area contributed by atoms with Crippen LogP contribution in [-0.4, -0.2) is 36.3 Å². The Hall–Kier alpha value is -1.67. The third kappa shape index (κ3) is 4.15. The monoisotopic (exact) mass is 326 g/mol. The summed E-state index contributed by atoms with van der Waals surface area (Å²) in [7, 11) is 0. The highest BCUT2D eigenvalue weighted by Crippen LogP contribution is 2.23. The van der Waals surface area contributed by atoms with Crippen molar-refractivity contribution in [1.82, 2.24) is 25.2 Å². The average molecular weight is 327 g/mol. The maximum Gasteiger partial charge on any atom is 0.238 e. The van der Waals surface area contributed by atoms with Gasteiger partial charge in [0.05, 0.1) is 16.3 Å². The molecule has 0 saturated heterocycles. The SMILES string of the molecule is CC(Sc1nnnn1C(C)C)C(=O)Nc1ccc(Cl)cn1. The zero-order valence-electron chi connectivity index (χ0n) is 11.8. The first-order valence-corrected chi connectivity index (χ1v) is 7.60. The molecular formula is C12H15ClN6OS. The van der Waals surface area contributed by atoms with Crippen molar-refractivity contribution in [2.24, 2.45) is 0 Å². The summed E-state index contributed by atoms with van der Waals surface area (Å²) < 4.78 is 1.68. The molecule has 1 N–H and O–H groups in total. The first-order chi connectivity index (χ1) is 9.97. The van der Waals surface area contributed by atoms with E-state index < -0.39 is 0 Å². The zero-order chi connectivity index (χ0) is 15.4. The maximum absolute atomic E-state index is 12.1. The highest BCUT2D eigenvalue weighted by molar-refractivity contribution is 8.00. The molecule has 0 aliphatic carbocycles. The summed E-state index contributed by atoms with van der Waals surface area (Å²) in [5.74, 6) is 0.286. The molecule has 1 atom stereocenters. The van der Waals surface area contributed by atoms with Crippen LogP contribution in [0.3, 0.4) is 0 Å². The molecule has 0 aliphatic rings. The van der Waals surface area contributed by atoms with Crippen molar-refractivity contribution >= 4 is 35.1 Å². The van der Waals surface area contributed by atoms with Crippen LogP contribution in [0.15, 0.2) is 23.5 Å². The van der Waals surface area contributed by atoms with Crippen LogP contribution in [0, 0.1) is 0 Å². The molecular weight excluding hydrogens is 312 g/mol. The van der Waals surface area contributed by atoms with Gasteiger partial charge in [-0.3, -0.25) is 4.79 Å². The molecule has 2 heterocycles. The maximum atomic E-state index is 12.1. The summed E-state index contributed by atoms with van der Waals surface area (Å²) in [6.07, 6.45) is 1.48. The number of pyridine rings is 1. The third-order valence-electron chi connectivity index (χ3n) is 2.58. The molecule has 21 heavy (non-hydrogen) atoms. The molecule has 1 unspecified atom stereocenters. The van der Waals surface area contributed by atoms with Crippen LogP contribution < -0.4 is 5.32 Å². The Morgan fingerprint density at radius 3 is 2.76 bits per heavy atom. The van der Waals surface area contributed by atoms with Crippen LogP contribution in [0.1, 0.15) is 26.8 Å². The number of halogens is 1. The van der Waals surface area contributed by atoms with Crippen LogP contribution in [-0.2, 0) is 4.79 Å². The third-order valence-corrected chi connectivity index (χ3v) is 3.85. The number of aromatic nitrogens is 5. The number of nitrogens with one attached hydrogen (secondary N) is 1. The van der Waals surface area contributed by atoms with Gasteiger partial charge in [-0.2, -0.15) is 0 Å². The first kappa shape index (κ1) is 15.7. The van der Waals surface area contributed by atoms with Gasteiger partial charge in [-0.15, -0.1) is 5.10 Å². The van der Waals surface area contributed by atoms with E-state index in [-0.39, 0.29) is 17.2 Å².